The lowest BCUT2D eigenvalue weighted by Gasteiger charge is -2.34. The number of halogens is 4. The smallest absolute Gasteiger partial charge is 0.368 e. The normalized spacial score (nSPS) is 22.0. The summed E-state index contributed by atoms with van der Waals surface area (Å²) in [5.41, 5.74) is -0.905. The molecule has 0 amide bonds. The molecular weight excluding hydrogens is 286 g/mol. The molecule has 2 saturated heterocycles. The summed E-state index contributed by atoms with van der Waals surface area (Å²) in [6, 6.07) is 0.829. The van der Waals surface area contributed by atoms with E-state index >= 15 is 0 Å². The van der Waals surface area contributed by atoms with Gasteiger partial charge in [0.2, 0.25) is 0 Å². The minimum atomic E-state index is -4.55. The fourth-order valence-electron chi connectivity index (χ4n) is 3.33. The highest BCUT2D eigenvalue weighted by molar-refractivity contribution is 5.50. The molecule has 0 aromatic carbocycles. The maximum atomic E-state index is 13.9. The molecule has 3 nitrogen and oxygen atoms in total. The van der Waals surface area contributed by atoms with Gasteiger partial charge in [0.05, 0.1) is 11.9 Å². The molecule has 3 heterocycles. The number of hydrogen-bond donors (Lipinski definition) is 1. The Balaban J connectivity index is 1.84. The van der Waals surface area contributed by atoms with E-state index in [0.29, 0.717) is 19.3 Å². The van der Waals surface area contributed by atoms with E-state index in [1.54, 1.807) is 4.90 Å². The van der Waals surface area contributed by atoms with Gasteiger partial charge in [0, 0.05) is 13.1 Å². The first kappa shape index (κ1) is 14.6. The summed E-state index contributed by atoms with van der Waals surface area (Å²) in [6.07, 6.45) is -0.997. The third kappa shape index (κ3) is 2.84. The summed E-state index contributed by atoms with van der Waals surface area (Å²) in [4.78, 5) is 4.88. The average Bonchev–Trinajstić information content (AvgIpc) is 2.82. The molecule has 2 aliphatic rings. The molecule has 0 atom stereocenters. The largest absolute Gasteiger partial charge is 0.433 e. The molecule has 1 spiro atoms. The molecule has 1 aromatic heterocycles. The van der Waals surface area contributed by atoms with Gasteiger partial charge < -0.3 is 10.2 Å². The van der Waals surface area contributed by atoms with Crippen LogP contribution in [0.3, 0.4) is 0 Å². The second-order valence-corrected chi connectivity index (χ2v) is 5.94. The van der Waals surface area contributed by atoms with Gasteiger partial charge in [0.25, 0.3) is 0 Å². The van der Waals surface area contributed by atoms with E-state index in [2.05, 4.69) is 10.3 Å². The van der Waals surface area contributed by atoms with Crippen molar-refractivity contribution in [1.29, 1.82) is 0 Å². The van der Waals surface area contributed by atoms with Gasteiger partial charge in [-0.1, -0.05) is 0 Å². The predicted octanol–water partition coefficient (Wildman–Crippen LogP) is 2.82. The third-order valence-corrected chi connectivity index (χ3v) is 4.57. The fraction of sp³-hybridized carbons (Fsp3) is 0.643. The van der Waals surface area contributed by atoms with Gasteiger partial charge in [-0.05, 0) is 43.8 Å². The molecule has 0 saturated carbocycles. The molecule has 21 heavy (non-hydrogen) atoms. The molecule has 2 fully saturated rings. The van der Waals surface area contributed by atoms with Crippen LogP contribution >= 0.6 is 0 Å². The Hall–Kier alpha value is -1.37. The van der Waals surface area contributed by atoms with Gasteiger partial charge in [-0.15, -0.1) is 0 Å². The zero-order chi connectivity index (χ0) is 15.1. The topological polar surface area (TPSA) is 28.2 Å². The maximum absolute atomic E-state index is 13.9. The Morgan fingerprint density at radius 1 is 1.19 bits per heavy atom. The van der Waals surface area contributed by atoms with Crippen molar-refractivity contribution in [3.8, 4) is 0 Å². The van der Waals surface area contributed by atoms with Gasteiger partial charge in [0.15, 0.2) is 5.82 Å². The Kier molecular flexibility index (Phi) is 3.55. The second kappa shape index (κ2) is 5.12. The molecule has 2 aliphatic heterocycles. The van der Waals surface area contributed by atoms with Crippen molar-refractivity contribution in [2.45, 2.75) is 25.4 Å². The van der Waals surface area contributed by atoms with Crippen LogP contribution in [-0.2, 0) is 6.18 Å². The number of aromatic nitrogens is 1. The molecule has 116 valence electrons. The van der Waals surface area contributed by atoms with Crippen molar-refractivity contribution in [3.63, 3.8) is 0 Å². The minimum absolute atomic E-state index is 0.0210. The highest BCUT2D eigenvalue weighted by atomic mass is 19.4. The van der Waals surface area contributed by atoms with Crippen molar-refractivity contribution < 1.29 is 17.6 Å². The number of pyridine rings is 1. The zero-order valence-electron chi connectivity index (χ0n) is 11.5. The van der Waals surface area contributed by atoms with Crippen LogP contribution in [-0.4, -0.2) is 31.2 Å². The summed E-state index contributed by atoms with van der Waals surface area (Å²) in [6.45, 7) is 3.05. The standard InChI is InChI=1S/C14H17F4N3/c15-10-8-20-12(14(16,17)18)7-11(10)21-6-3-13(9-21)1-4-19-5-2-13/h7-8,19H,1-6,9H2. The monoisotopic (exact) mass is 303 g/mol. The molecule has 0 unspecified atom stereocenters. The molecule has 1 N–H and O–H groups in total. The Morgan fingerprint density at radius 3 is 2.57 bits per heavy atom. The van der Waals surface area contributed by atoms with Crippen LogP contribution in [0.4, 0.5) is 23.2 Å². The number of nitrogens with zero attached hydrogens (tertiary/aromatic N) is 2. The molecule has 1 aromatic rings. The van der Waals surface area contributed by atoms with Crippen molar-refractivity contribution in [2.24, 2.45) is 5.41 Å². The quantitative estimate of drug-likeness (QED) is 0.809. The predicted molar refractivity (Wildman–Crippen MR) is 70.6 cm³/mol. The lowest BCUT2D eigenvalue weighted by atomic mass is 9.78. The summed E-state index contributed by atoms with van der Waals surface area (Å²) < 4.78 is 52.1. The van der Waals surface area contributed by atoms with Gasteiger partial charge in [0.1, 0.15) is 5.69 Å². The van der Waals surface area contributed by atoms with Gasteiger partial charge in [-0.2, -0.15) is 13.2 Å². The van der Waals surface area contributed by atoms with E-state index in [1.165, 1.54) is 0 Å². The number of nitrogens with one attached hydrogen (secondary N) is 1. The first-order chi connectivity index (χ1) is 9.90. The van der Waals surface area contributed by atoms with Crippen molar-refractivity contribution in [1.82, 2.24) is 10.3 Å². The van der Waals surface area contributed by atoms with E-state index < -0.39 is 17.7 Å². The first-order valence-electron chi connectivity index (χ1n) is 7.08. The number of alkyl halides is 3. The SMILES string of the molecule is Fc1cnc(C(F)(F)F)cc1N1CCC2(CCNCC2)C1. The lowest BCUT2D eigenvalue weighted by Crippen LogP contribution is -2.38. The Bertz CT molecular complexity index is 523. The lowest BCUT2D eigenvalue weighted by molar-refractivity contribution is -0.141. The molecule has 7 heteroatoms. The zero-order valence-corrected chi connectivity index (χ0v) is 11.5. The summed E-state index contributed by atoms with van der Waals surface area (Å²) in [5.74, 6) is -0.686. The molecular formula is C14H17F4N3. The molecule has 0 bridgehead atoms. The van der Waals surface area contributed by atoms with Crippen LogP contribution in [0.1, 0.15) is 25.0 Å². The van der Waals surface area contributed by atoms with Crippen LogP contribution in [0, 0.1) is 11.2 Å². The molecule has 0 aliphatic carbocycles. The van der Waals surface area contributed by atoms with Crippen molar-refractivity contribution in [3.05, 3.63) is 23.8 Å². The maximum Gasteiger partial charge on any atom is 0.433 e. The summed E-state index contributed by atoms with van der Waals surface area (Å²) in [7, 11) is 0. The number of anilines is 1. The fourth-order valence-corrected chi connectivity index (χ4v) is 3.33. The van der Waals surface area contributed by atoms with E-state index in [4.69, 9.17) is 0 Å². The van der Waals surface area contributed by atoms with Crippen LogP contribution in [0.2, 0.25) is 0 Å². The van der Waals surface area contributed by atoms with E-state index in [9.17, 15) is 17.6 Å². The number of piperidine rings is 1. The average molecular weight is 303 g/mol. The number of rotatable bonds is 1. The summed E-state index contributed by atoms with van der Waals surface area (Å²) >= 11 is 0. The highest BCUT2D eigenvalue weighted by Crippen LogP contribution is 2.41. The third-order valence-electron chi connectivity index (χ3n) is 4.57. The second-order valence-electron chi connectivity index (χ2n) is 5.94. The summed E-state index contributed by atoms with van der Waals surface area (Å²) in [5, 5.41) is 3.28. The van der Waals surface area contributed by atoms with Crippen LogP contribution in [0.15, 0.2) is 12.3 Å². The first-order valence-corrected chi connectivity index (χ1v) is 7.08. The van der Waals surface area contributed by atoms with Crippen molar-refractivity contribution >= 4 is 5.69 Å². The van der Waals surface area contributed by atoms with E-state index in [0.717, 1.165) is 38.4 Å². The highest BCUT2D eigenvalue weighted by Gasteiger charge is 2.40. The van der Waals surface area contributed by atoms with E-state index in [-0.39, 0.29) is 11.1 Å². The van der Waals surface area contributed by atoms with Gasteiger partial charge in [-0.25, -0.2) is 9.37 Å². The minimum Gasteiger partial charge on any atom is -0.368 e. The number of hydrogen-bond acceptors (Lipinski definition) is 3. The van der Waals surface area contributed by atoms with Crippen LogP contribution < -0.4 is 10.2 Å². The van der Waals surface area contributed by atoms with E-state index in [1.807, 2.05) is 0 Å². The van der Waals surface area contributed by atoms with Gasteiger partial charge in [-0.3, -0.25) is 0 Å². The van der Waals surface area contributed by atoms with Gasteiger partial charge >= 0.3 is 6.18 Å². The Morgan fingerprint density at radius 2 is 1.90 bits per heavy atom. The van der Waals surface area contributed by atoms with Crippen LogP contribution in [0.25, 0.3) is 0 Å². The Labute approximate surface area is 120 Å². The molecule has 3 rings (SSSR count). The van der Waals surface area contributed by atoms with Crippen LogP contribution in [0.5, 0.6) is 0 Å². The molecule has 0 radical (unpaired) electrons. The van der Waals surface area contributed by atoms with Crippen molar-refractivity contribution in [2.75, 3.05) is 31.1 Å².